The van der Waals surface area contributed by atoms with E-state index < -0.39 is 0 Å². The van der Waals surface area contributed by atoms with E-state index in [0.29, 0.717) is 22.8 Å². The number of halogens is 1. The number of aromatic nitrogens is 2. The summed E-state index contributed by atoms with van der Waals surface area (Å²) < 4.78 is 0. The molecule has 2 aromatic rings. The standard InChI is InChI=1S/C12H11ClN2O.CO2/c1-2-8-7-14-11(15-12(8)16)9-3-5-10(13)6-4-9;2-1-3/h3-7H,2H2,1H3,(H,14,15,16);. The van der Waals surface area contributed by atoms with Crippen LogP contribution in [-0.2, 0) is 16.0 Å². The third-order valence-corrected chi connectivity index (χ3v) is 2.62. The summed E-state index contributed by atoms with van der Waals surface area (Å²) >= 11 is 5.79. The molecule has 6 heteroatoms. The minimum Gasteiger partial charge on any atom is -0.306 e. The van der Waals surface area contributed by atoms with E-state index in [1.165, 1.54) is 0 Å². The predicted octanol–water partition coefficient (Wildman–Crippen LogP) is 2.07. The molecule has 0 atom stereocenters. The van der Waals surface area contributed by atoms with E-state index in [1.54, 1.807) is 18.3 Å². The first-order valence-corrected chi connectivity index (χ1v) is 5.83. The third-order valence-electron chi connectivity index (χ3n) is 2.37. The van der Waals surface area contributed by atoms with Crippen molar-refractivity contribution in [2.75, 3.05) is 0 Å². The summed E-state index contributed by atoms with van der Waals surface area (Å²) in [4.78, 5) is 34.8. The highest BCUT2D eigenvalue weighted by Gasteiger charge is 2.02. The van der Waals surface area contributed by atoms with E-state index in [0.717, 1.165) is 5.56 Å². The second kappa shape index (κ2) is 7.26. The molecule has 0 amide bonds. The Labute approximate surface area is 114 Å². The highest BCUT2D eigenvalue weighted by Crippen LogP contribution is 2.16. The maximum absolute atomic E-state index is 11.6. The van der Waals surface area contributed by atoms with E-state index in [9.17, 15) is 4.79 Å². The zero-order valence-corrected chi connectivity index (χ0v) is 10.9. The van der Waals surface area contributed by atoms with Gasteiger partial charge in [-0.05, 0) is 30.7 Å². The van der Waals surface area contributed by atoms with Gasteiger partial charge in [-0.15, -0.1) is 0 Å². The fraction of sp³-hybridized carbons (Fsp3) is 0.154. The minimum absolute atomic E-state index is 0.0811. The van der Waals surface area contributed by atoms with Crippen LogP contribution in [0.5, 0.6) is 0 Å². The first-order valence-electron chi connectivity index (χ1n) is 5.45. The van der Waals surface area contributed by atoms with Gasteiger partial charge in [-0.3, -0.25) is 4.79 Å². The average Bonchev–Trinajstić information content (AvgIpc) is 2.40. The molecule has 5 nitrogen and oxygen atoms in total. The van der Waals surface area contributed by atoms with Crippen molar-refractivity contribution in [3.8, 4) is 11.4 Å². The van der Waals surface area contributed by atoms with Gasteiger partial charge in [-0.2, -0.15) is 9.59 Å². The monoisotopic (exact) mass is 278 g/mol. The van der Waals surface area contributed by atoms with Crippen molar-refractivity contribution in [2.45, 2.75) is 13.3 Å². The van der Waals surface area contributed by atoms with Crippen LogP contribution in [0.2, 0.25) is 5.02 Å². The highest BCUT2D eigenvalue weighted by atomic mass is 35.5. The Kier molecular flexibility index (Phi) is 5.67. The Morgan fingerprint density at radius 2 is 1.84 bits per heavy atom. The molecule has 0 aliphatic rings. The molecule has 98 valence electrons. The molecule has 1 heterocycles. The Morgan fingerprint density at radius 3 is 2.32 bits per heavy atom. The second-order valence-corrected chi connectivity index (χ2v) is 3.97. The minimum atomic E-state index is -0.0811. The van der Waals surface area contributed by atoms with E-state index in [4.69, 9.17) is 21.2 Å². The van der Waals surface area contributed by atoms with Gasteiger partial charge >= 0.3 is 6.15 Å². The smallest absolute Gasteiger partial charge is 0.306 e. The van der Waals surface area contributed by atoms with Crippen molar-refractivity contribution < 1.29 is 9.59 Å². The lowest BCUT2D eigenvalue weighted by molar-refractivity contribution is -0.191. The highest BCUT2D eigenvalue weighted by molar-refractivity contribution is 6.30. The summed E-state index contributed by atoms with van der Waals surface area (Å²) in [6, 6.07) is 7.19. The van der Waals surface area contributed by atoms with Crippen molar-refractivity contribution in [3.05, 3.63) is 51.4 Å². The van der Waals surface area contributed by atoms with Crippen LogP contribution in [-0.4, -0.2) is 16.1 Å². The predicted molar refractivity (Wildman–Crippen MR) is 69.7 cm³/mol. The van der Waals surface area contributed by atoms with Gasteiger partial charge in [-0.25, -0.2) is 4.98 Å². The number of rotatable bonds is 2. The number of nitrogens with one attached hydrogen (secondary N) is 1. The van der Waals surface area contributed by atoms with Gasteiger partial charge in [0.05, 0.1) is 0 Å². The van der Waals surface area contributed by atoms with Crippen LogP contribution in [0.25, 0.3) is 11.4 Å². The summed E-state index contributed by atoms with van der Waals surface area (Å²) in [7, 11) is 0. The van der Waals surface area contributed by atoms with Gasteiger partial charge in [0.25, 0.3) is 5.56 Å². The number of hydrogen-bond donors (Lipinski definition) is 1. The van der Waals surface area contributed by atoms with E-state index in [-0.39, 0.29) is 11.7 Å². The maximum Gasteiger partial charge on any atom is 0.373 e. The molecule has 0 aliphatic carbocycles. The number of H-pyrrole nitrogens is 1. The number of benzene rings is 1. The molecule has 0 unspecified atom stereocenters. The molecule has 0 bridgehead atoms. The molecular weight excluding hydrogens is 268 g/mol. The van der Waals surface area contributed by atoms with Gasteiger partial charge in [0.1, 0.15) is 5.82 Å². The van der Waals surface area contributed by atoms with Crippen molar-refractivity contribution in [2.24, 2.45) is 0 Å². The first-order chi connectivity index (χ1) is 9.12. The zero-order valence-electron chi connectivity index (χ0n) is 10.1. The fourth-order valence-electron chi connectivity index (χ4n) is 1.43. The summed E-state index contributed by atoms with van der Waals surface area (Å²) in [5.74, 6) is 0.568. The number of hydrogen-bond acceptors (Lipinski definition) is 4. The Hall–Kier alpha value is -2.23. The summed E-state index contributed by atoms with van der Waals surface area (Å²) in [5, 5.41) is 0.663. The Balaban J connectivity index is 0.000000550. The third kappa shape index (κ3) is 4.17. The van der Waals surface area contributed by atoms with Crippen molar-refractivity contribution in [1.29, 1.82) is 0 Å². The normalized spacial score (nSPS) is 9.16. The quantitative estimate of drug-likeness (QED) is 0.912. The largest absolute Gasteiger partial charge is 0.373 e. The number of aryl methyl sites for hydroxylation is 1. The van der Waals surface area contributed by atoms with Crippen LogP contribution in [0.15, 0.2) is 35.3 Å². The lowest BCUT2D eigenvalue weighted by Gasteiger charge is -2.01. The van der Waals surface area contributed by atoms with Crippen LogP contribution in [0.1, 0.15) is 12.5 Å². The average molecular weight is 279 g/mol. The molecule has 0 saturated carbocycles. The van der Waals surface area contributed by atoms with Crippen molar-refractivity contribution in [3.63, 3.8) is 0 Å². The molecule has 1 aromatic heterocycles. The molecular formula is C13H11ClN2O3. The molecule has 0 saturated heterocycles. The molecule has 1 N–H and O–H groups in total. The van der Waals surface area contributed by atoms with Crippen molar-refractivity contribution in [1.82, 2.24) is 9.97 Å². The molecule has 0 aliphatic heterocycles. The molecule has 1 aromatic carbocycles. The lowest BCUT2D eigenvalue weighted by Crippen LogP contribution is -2.13. The molecule has 2 rings (SSSR count). The van der Waals surface area contributed by atoms with Crippen LogP contribution < -0.4 is 5.56 Å². The number of carbonyl (C=O) groups excluding carboxylic acids is 2. The molecule has 0 fully saturated rings. The number of aromatic amines is 1. The lowest BCUT2D eigenvalue weighted by atomic mass is 10.2. The SMILES string of the molecule is CCc1cnc(-c2ccc(Cl)cc2)[nH]c1=O.O=C=O. The van der Waals surface area contributed by atoms with Gasteiger partial charge in [-0.1, -0.05) is 18.5 Å². The first kappa shape index (κ1) is 14.8. The topological polar surface area (TPSA) is 79.9 Å². The van der Waals surface area contributed by atoms with Gasteiger partial charge in [0.15, 0.2) is 0 Å². The van der Waals surface area contributed by atoms with E-state index in [1.807, 2.05) is 19.1 Å². The van der Waals surface area contributed by atoms with Gasteiger partial charge < -0.3 is 4.98 Å². The maximum atomic E-state index is 11.6. The summed E-state index contributed by atoms with van der Waals surface area (Å²) in [6.07, 6.45) is 2.55. The van der Waals surface area contributed by atoms with Crippen LogP contribution in [0, 0.1) is 0 Å². The van der Waals surface area contributed by atoms with E-state index in [2.05, 4.69) is 9.97 Å². The van der Waals surface area contributed by atoms with Gasteiger partial charge in [0, 0.05) is 22.3 Å². The Morgan fingerprint density at radius 1 is 1.26 bits per heavy atom. The van der Waals surface area contributed by atoms with Crippen LogP contribution in [0.3, 0.4) is 0 Å². The van der Waals surface area contributed by atoms with Crippen molar-refractivity contribution >= 4 is 17.8 Å². The second-order valence-electron chi connectivity index (χ2n) is 3.53. The summed E-state index contributed by atoms with van der Waals surface area (Å²) in [5.41, 5.74) is 1.46. The molecule has 19 heavy (non-hydrogen) atoms. The van der Waals surface area contributed by atoms with Gasteiger partial charge in [0.2, 0.25) is 0 Å². The van der Waals surface area contributed by atoms with Crippen LogP contribution in [0.4, 0.5) is 0 Å². The fourth-order valence-corrected chi connectivity index (χ4v) is 1.55. The van der Waals surface area contributed by atoms with Crippen LogP contribution >= 0.6 is 11.6 Å². The molecule has 0 radical (unpaired) electrons. The molecule has 0 spiro atoms. The van der Waals surface area contributed by atoms with E-state index >= 15 is 0 Å². The Bertz CT molecular complexity index is 629. The summed E-state index contributed by atoms with van der Waals surface area (Å²) in [6.45, 7) is 1.92. The zero-order chi connectivity index (χ0) is 14.3. The number of nitrogens with zero attached hydrogens (tertiary/aromatic N) is 1.